The minimum atomic E-state index is -4.88. The highest BCUT2D eigenvalue weighted by molar-refractivity contribution is 5.94. The lowest BCUT2D eigenvalue weighted by Gasteiger charge is -2.19. The van der Waals surface area contributed by atoms with E-state index in [9.17, 15) is 22.8 Å². The molecular formula is C30H23F3N2O3. The molecule has 0 N–H and O–H groups in total. The lowest BCUT2D eigenvalue weighted by Crippen LogP contribution is -2.25. The Bertz CT molecular complexity index is 1630. The van der Waals surface area contributed by atoms with Crippen LogP contribution in [0, 0.1) is 20.4 Å². The largest absolute Gasteiger partial charge is 0.457 e. The molecule has 0 saturated carbocycles. The van der Waals surface area contributed by atoms with Gasteiger partial charge in [-0.05, 0) is 79.9 Å². The van der Waals surface area contributed by atoms with Gasteiger partial charge in [-0.3, -0.25) is 9.59 Å². The van der Waals surface area contributed by atoms with Gasteiger partial charge in [0.2, 0.25) is 0 Å². The van der Waals surface area contributed by atoms with Crippen LogP contribution in [0.2, 0.25) is 0 Å². The molecule has 0 saturated heterocycles. The molecule has 0 unspecified atom stereocenters. The topological polar surface area (TPSA) is 52.7 Å². The second-order valence-electron chi connectivity index (χ2n) is 8.93. The third-order valence-corrected chi connectivity index (χ3v) is 6.14. The fourth-order valence-electron chi connectivity index (χ4n) is 4.16. The van der Waals surface area contributed by atoms with E-state index in [0.717, 1.165) is 22.8 Å². The van der Waals surface area contributed by atoms with Crippen molar-refractivity contribution in [3.8, 4) is 22.8 Å². The number of pyridine rings is 1. The summed E-state index contributed by atoms with van der Waals surface area (Å²) in [7, 11) is 0. The number of Topliss-reactive ketones (excluding diaryl/α,β-unsaturated/α-hetero) is 1. The zero-order valence-corrected chi connectivity index (χ0v) is 20.9. The minimum Gasteiger partial charge on any atom is -0.457 e. The van der Waals surface area contributed by atoms with Crippen molar-refractivity contribution in [3.05, 3.63) is 122 Å². The van der Waals surface area contributed by atoms with E-state index in [1.54, 1.807) is 48.5 Å². The number of carbonyl (C=O) groups excluding carboxylic acids is 1. The fourth-order valence-corrected chi connectivity index (χ4v) is 4.16. The molecule has 0 bridgehead atoms. The highest BCUT2D eigenvalue weighted by Crippen LogP contribution is 2.37. The van der Waals surface area contributed by atoms with Crippen LogP contribution in [-0.2, 0) is 12.7 Å². The second kappa shape index (κ2) is 10.4. The Hall–Kier alpha value is -4.64. The number of halogens is 3. The first kappa shape index (κ1) is 26.4. The maximum Gasteiger partial charge on any atom is 0.407 e. The molecule has 0 spiro atoms. The average molecular weight is 517 g/mol. The molecule has 5 nitrogen and oxygen atoms in total. The van der Waals surface area contributed by atoms with E-state index >= 15 is 0 Å². The van der Waals surface area contributed by atoms with Gasteiger partial charge in [-0.2, -0.15) is 13.2 Å². The van der Waals surface area contributed by atoms with Crippen molar-refractivity contribution in [2.45, 2.75) is 33.5 Å². The molecule has 0 atom stereocenters. The summed E-state index contributed by atoms with van der Waals surface area (Å²) in [5.74, 6) is 0.709. The summed E-state index contributed by atoms with van der Waals surface area (Å²) in [4.78, 5) is 27.8. The average Bonchev–Trinajstić information content (AvgIpc) is 2.86. The first-order valence-corrected chi connectivity index (χ1v) is 11.7. The lowest BCUT2D eigenvalue weighted by molar-refractivity contribution is -0.136. The van der Waals surface area contributed by atoms with Crippen molar-refractivity contribution in [2.24, 2.45) is 0 Å². The van der Waals surface area contributed by atoms with Crippen molar-refractivity contribution in [3.63, 3.8) is 0 Å². The Morgan fingerprint density at radius 3 is 2.29 bits per heavy atom. The highest BCUT2D eigenvalue weighted by atomic mass is 19.4. The molecule has 0 aliphatic heterocycles. The molecule has 38 heavy (non-hydrogen) atoms. The maximum atomic E-state index is 13.8. The summed E-state index contributed by atoms with van der Waals surface area (Å²) >= 11 is 0. The quantitative estimate of drug-likeness (QED) is 0.195. The van der Waals surface area contributed by atoms with Crippen LogP contribution in [0.25, 0.3) is 16.1 Å². The summed E-state index contributed by atoms with van der Waals surface area (Å²) in [6.07, 6.45) is -4.88. The van der Waals surface area contributed by atoms with E-state index in [4.69, 9.17) is 11.3 Å². The van der Waals surface area contributed by atoms with Crippen molar-refractivity contribution < 1.29 is 22.7 Å². The Kier molecular flexibility index (Phi) is 7.22. The van der Waals surface area contributed by atoms with Gasteiger partial charge in [0.05, 0.1) is 18.7 Å². The number of aryl methyl sites for hydroxylation is 2. The first-order valence-electron chi connectivity index (χ1n) is 11.7. The third kappa shape index (κ3) is 5.52. The van der Waals surface area contributed by atoms with Crippen molar-refractivity contribution >= 4 is 11.5 Å². The van der Waals surface area contributed by atoms with Gasteiger partial charge in [0.15, 0.2) is 5.78 Å². The van der Waals surface area contributed by atoms with Crippen molar-refractivity contribution in [1.29, 1.82) is 0 Å². The monoisotopic (exact) mass is 516 g/mol. The van der Waals surface area contributed by atoms with Crippen LogP contribution in [0.4, 0.5) is 18.9 Å². The van der Waals surface area contributed by atoms with Gasteiger partial charge < -0.3 is 9.30 Å². The first-order chi connectivity index (χ1) is 18.0. The number of carbonyl (C=O) groups is 1. The van der Waals surface area contributed by atoms with E-state index in [-0.39, 0.29) is 18.0 Å². The van der Waals surface area contributed by atoms with Crippen LogP contribution in [0.1, 0.15) is 39.5 Å². The molecule has 0 aliphatic carbocycles. The van der Waals surface area contributed by atoms with Crippen LogP contribution in [0.3, 0.4) is 0 Å². The van der Waals surface area contributed by atoms with Crippen LogP contribution in [-0.4, -0.2) is 10.4 Å². The summed E-state index contributed by atoms with van der Waals surface area (Å²) in [6.45, 7) is 12.5. The van der Waals surface area contributed by atoms with E-state index < -0.39 is 23.0 Å². The molecule has 8 heteroatoms. The van der Waals surface area contributed by atoms with Crippen LogP contribution in [0.15, 0.2) is 77.6 Å². The van der Waals surface area contributed by atoms with Crippen molar-refractivity contribution in [2.75, 3.05) is 0 Å². The molecule has 0 amide bonds. The number of hydrogen-bond donors (Lipinski definition) is 0. The van der Waals surface area contributed by atoms with Crippen LogP contribution in [0.5, 0.6) is 11.5 Å². The highest BCUT2D eigenvalue weighted by Gasteiger charge is 2.36. The normalized spacial score (nSPS) is 11.2. The summed E-state index contributed by atoms with van der Waals surface area (Å²) < 4.78 is 48.5. The van der Waals surface area contributed by atoms with Crippen LogP contribution >= 0.6 is 0 Å². The van der Waals surface area contributed by atoms with E-state index in [1.807, 2.05) is 32.0 Å². The van der Waals surface area contributed by atoms with Gasteiger partial charge in [0.1, 0.15) is 11.5 Å². The van der Waals surface area contributed by atoms with Gasteiger partial charge in [-0.1, -0.05) is 35.9 Å². The summed E-state index contributed by atoms with van der Waals surface area (Å²) in [5, 5.41) is 0. The molecule has 0 fully saturated rings. The Balaban J connectivity index is 1.81. The maximum absolute atomic E-state index is 13.8. The molecule has 1 heterocycles. The zero-order chi connectivity index (χ0) is 27.6. The fraction of sp³-hybridized carbons (Fsp3) is 0.167. The number of rotatable bonds is 6. The van der Waals surface area contributed by atoms with E-state index in [1.165, 1.54) is 11.5 Å². The Morgan fingerprint density at radius 1 is 0.974 bits per heavy atom. The van der Waals surface area contributed by atoms with Gasteiger partial charge >= 0.3 is 6.18 Å². The van der Waals surface area contributed by atoms with Crippen molar-refractivity contribution in [1.82, 2.24) is 4.57 Å². The predicted molar refractivity (Wildman–Crippen MR) is 139 cm³/mol. The smallest absolute Gasteiger partial charge is 0.407 e. The van der Waals surface area contributed by atoms with Crippen LogP contribution < -0.4 is 10.3 Å². The third-order valence-electron chi connectivity index (χ3n) is 6.14. The van der Waals surface area contributed by atoms with Gasteiger partial charge in [0.25, 0.3) is 11.2 Å². The molecule has 192 valence electrons. The lowest BCUT2D eigenvalue weighted by atomic mass is 10.0. The molecule has 0 aliphatic rings. The number of ketones is 1. The number of nitrogens with zero attached hydrogens (tertiary/aromatic N) is 2. The molecule has 4 aromatic rings. The SMILES string of the molecule is [C-]#[N+]c1c(C(F)(F)F)cc(-c2ccc(Oc3cccc(C(C)=O)c3)cc2)n(Cc2ccc(C)cc2C)c1=O. The molecule has 1 aromatic heterocycles. The second-order valence-corrected chi connectivity index (χ2v) is 8.93. The van der Waals surface area contributed by atoms with Gasteiger partial charge in [-0.15, -0.1) is 0 Å². The molecule has 0 radical (unpaired) electrons. The van der Waals surface area contributed by atoms with E-state index in [2.05, 4.69) is 4.85 Å². The molecule has 4 rings (SSSR count). The predicted octanol–water partition coefficient (Wildman–Crippen LogP) is 7.74. The molecular weight excluding hydrogens is 493 g/mol. The van der Waals surface area contributed by atoms with E-state index in [0.29, 0.717) is 22.6 Å². The molecule has 3 aromatic carbocycles. The Labute approximate surface area is 217 Å². The zero-order valence-electron chi connectivity index (χ0n) is 20.9. The summed E-state index contributed by atoms with van der Waals surface area (Å²) in [6, 6.07) is 19.3. The number of benzene rings is 3. The van der Waals surface area contributed by atoms with Gasteiger partial charge in [-0.25, -0.2) is 4.85 Å². The summed E-state index contributed by atoms with van der Waals surface area (Å²) in [5.41, 5.74) is 0.252. The van der Waals surface area contributed by atoms with Gasteiger partial charge in [0, 0.05) is 11.3 Å². The minimum absolute atomic E-state index is 0.00295. The number of aromatic nitrogens is 1. The number of alkyl halides is 3. The standard InChI is InChI=1S/C30H23F3N2O3/c1-18-8-9-23(19(2)14-18)17-35-27(16-26(30(31,32)33)28(34-4)29(35)37)21-10-12-24(13-11-21)38-25-7-5-6-22(15-25)20(3)36/h5-16H,17H2,1-3H3. The number of hydrogen-bond acceptors (Lipinski definition) is 3. The Morgan fingerprint density at radius 2 is 1.68 bits per heavy atom. The number of ether oxygens (including phenoxy) is 1.